The second-order valence-corrected chi connectivity index (χ2v) is 5.75. The SMILES string of the molecule is Cc1cc(O)c(C2(O)C(=O)NC(=O)NC2=O)c(=O)n1Cc1cccnc1. The number of carbonyl (C=O) groups is 3. The zero-order valence-corrected chi connectivity index (χ0v) is 13.5. The fourth-order valence-electron chi connectivity index (χ4n) is 2.71. The number of hydrogen-bond donors (Lipinski definition) is 4. The second kappa shape index (κ2) is 6.08. The van der Waals surface area contributed by atoms with E-state index in [4.69, 9.17) is 0 Å². The first-order valence-electron chi connectivity index (χ1n) is 7.47. The summed E-state index contributed by atoms with van der Waals surface area (Å²) < 4.78 is 1.17. The Balaban J connectivity index is 2.18. The maximum Gasteiger partial charge on any atom is 0.328 e. The molecule has 0 bridgehead atoms. The molecule has 2 aromatic rings. The van der Waals surface area contributed by atoms with Gasteiger partial charge in [0.05, 0.1) is 6.54 Å². The number of aliphatic hydroxyl groups is 1. The highest BCUT2D eigenvalue weighted by molar-refractivity contribution is 6.21. The number of nitrogens with zero attached hydrogens (tertiary/aromatic N) is 2. The third-order valence-electron chi connectivity index (χ3n) is 4.02. The van der Waals surface area contributed by atoms with Gasteiger partial charge in [0.15, 0.2) is 0 Å². The Hall–Kier alpha value is -3.53. The van der Waals surface area contributed by atoms with Crippen LogP contribution in [0, 0.1) is 6.92 Å². The third kappa shape index (κ3) is 2.62. The van der Waals surface area contributed by atoms with Crippen molar-refractivity contribution in [2.45, 2.75) is 19.1 Å². The van der Waals surface area contributed by atoms with Gasteiger partial charge in [-0.1, -0.05) is 6.07 Å². The molecule has 26 heavy (non-hydrogen) atoms. The van der Waals surface area contributed by atoms with E-state index in [2.05, 4.69) is 4.98 Å². The highest BCUT2D eigenvalue weighted by Crippen LogP contribution is 2.29. The Labute approximate surface area is 146 Å². The largest absolute Gasteiger partial charge is 0.507 e. The molecule has 0 radical (unpaired) electrons. The Bertz CT molecular complexity index is 962. The predicted molar refractivity (Wildman–Crippen MR) is 86.0 cm³/mol. The molecule has 134 valence electrons. The summed E-state index contributed by atoms with van der Waals surface area (Å²) in [7, 11) is 0. The van der Waals surface area contributed by atoms with E-state index in [1.54, 1.807) is 29.0 Å². The molecule has 1 aliphatic heterocycles. The molecule has 3 heterocycles. The third-order valence-corrected chi connectivity index (χ3v) is 4.02. The molecule has 4 N–H and O–H groups in total. The lowest BCUT2D eigenvalue weighted by Gasteiger charge is -2.29. The van der Waals surface area contributed by atoms with Crippen LogP contribution in [0.15, 0.2) is 35.4 Å². The molecule has 0 unspecified atom stereocenters. The Kier molecular flexibility index (Phi) is 4.04. The van der Waals surface area contributed by atoms with Gasteiger partial charge in [-0.15, -0.1) is 0 Å². The van der Waals surface area contributed by atoms with Gasteiger partial charge in [-0.2, -0.15) is 0 Å². The summed E-state index contributed by atoms with van der Waals surface area (Å²) in [5.41, 5.74) is -3.85. The van der Waals surface area contributed by atoms with Crippen molar-refractivity contribution < 1.29 is 24.6 Å². The number of rotatable bonds is 3. The van der Waals surface area contributed by atoms with Gasteiger partial charge < -0.3 is 14.8 Å². The van der Waals surface area contributed by atoms with Crippen LogP contribution in [0.3, 0.4) is 0 Å². The quantitative estimate of drug-likeness (QED) is 0.506. The van der Waals surface area contributed by atoms with Gasteiger partial charge in [0.2, 0.25) is 0 Å². The van der Waals surface area contributed by atoms with Crippen molar-refractivity contribution in [1.29, 1.82) is 0 Å². The van der Waals surface area contributed by atoms with Crippen LogP contribution in [0.5, 0.6) is 5.75 Å². The van der Waals surface area contributed by atoms with Gasteiger partial charge in [0.25, 0.3) is 23.0 Å². The van der Waals surface area contributed by atoms with Gasteiger partial charge in [0.1, 0.15) is 11.3 Å². The number of imide groups is 2. The molecule has 10 nitrogen and oxygen atoms in total. The second-order valence-electron chi connectivity index (χ2n) is 5.75. The van der Waals surface area contributed by atoms with E-state index in [0.29, 0.717) is 11.3 Å². The van der Waals surface area contributed by atoms with Gasteiger partial charge in [-0.05, 0) is 24.6 Å². The molecule has 1 fully saturated rings. The van der Waals surface area contributed by atoms with Gasteiger partial charge in [0, 0.05) is 18.1 Å². The van der Waals surface area contributed by atoms with Gasteiger partial charge >= 0.3 is 6.03 Å². The molecule has 1 aliphatic rings. The number of nitrogens with one attached hydrogen (secondary N) is 2. The summed E-state index contributed by atoms with van der Waals surface area (Å²) in [6.07, 6.45) is 3.07. The van der Waals surface area contributed by atoms with Gasteiger partial charge in [-0.3, -0.25) is 30.0 Å². The average molecular weight is 358 g/mol. The molecule has 0 saturated carbocycles. The summed E-state index contributed by atoms with van der Waals surface area (Å²) in [5.74, 6) is -3.58. The van der Waals surface area contributed by atoms with Crippen LogP contribution in [0.25, 0.3) is 0 Å². The Morgan fingerprint density at radius 2 is 1.85 bits per heavy atom. The van der Waals surface area contributed by atoms with E-state index in [9.17, 15) is 29.4 Å². The molecule has 2 aromatic heterocycles. The maximum absolute atomic E-state index is 12.9. The summed E-state index contributed by atoms with van der Waals surface area (Å²) in [6, 6.07) is 3.38. The van der Waals surface area contributed by atoms with Crippen molar-refractivity contribution in [2.75, 3.05) is 0 Å². The topological polar surface area (TPSA) is 151 Å². The lowest BCUT2D eigenvalue weighted by Crippen LogP contribution is -2.66. The number of hydrogen-bond acceptors (Lipinski definition) is 7. The van der Waals surface area contributed by atoms with Crippen molar-refractivity contribution >= 4 is 17.8 Å². The van der Waals surface area contributed by atoms with E-state index >= 15 is 0 Å². The number of barbiturate groups is 1. The number of aromatic nitrogens is 2. The lowest BCUT2D eigenvalue weighted by atomic mass is 9.90. The fraction of sp³-hybridized carbons (Fsp3) is 0.188. The van der Waals surface area contributed by atoms with E-state index in [1.807, 2.05) is 0 Å². The monoisotopic (exact) mass is 358 g/mol. The average Bonchev–Trinajstić information content (AvgIpc) is 2.57. The summed E-state index contributed by atoms with van der Waals surface area (Å²) >= 11 is 0. The van der Waals surface area contributed by atoms with Crippen molar-refractivity contribution in [1.82, 2.24) is 20.2 Å². The molecule has 3 rings (SSSR count). The Morgan fingerprint density at radius 1 is 1.19 bits per heavy atom. The molecular formula is C16H14N4O6. The number of pyridine rings is 2. The van der Waals surface area contributed by atoms with Crippen LogP contribution in [0.1, 0.15) is 16.8 Å². The van der Waals surface area contributed by atoms with E-state index in [-0.39, 0.29) is 6.54 Å². The normalized spacial score (nSPS) is 16.2. The fourth-order valence-corrected chi connectivity index (χ4v) is 2.71. The first-order chi connectivity index (χ1) is 12.2. The molecule has 4 amide bonds. The predicted octanol–water partition coefficient (Wildman–Crippen LogP) is -1.14. The van der Waals surface area contributed by atoms with Gasteiger partial charge in [-0.25, -0.2) is 4.79 Å². The van der Waals surface area contributed by atoms with E-state index in [0.717, 1.165) is 6.07 Å². The van der Waals surface area contributed by atoms with Crippen LogP contribution >= 0.6 is 0 Å². The highest BCUT2D eigenvalue weighted by atomic mass is 16.3. The summed E-state index contributed by atoms with van der Waals surface area (Å²) in [5, 5.41) is 24.1. The minimum absolute atomic E-state index is 0.0318. The molecular weight excluding hydrogens is 344 g/mol. The molecule has 10 heteroatoms. The first kappa shape index (κ1) is 17.3. The van der Waals surface area contributed by atoms with E-state index < -0.39 is 40.3 Å². The zero-order chi connectivity index (χ0) is 19.1. The van der Waals surface area contributed by atoms with Crippen LogP contribution in [0.2, 0.25) is 0 Å². The molecule has 1 saturated heterocycles. The summed E-state index contributed by atoms with van der Waals surface area (Å²) in [6.45, 7) is 1.57. The maximum atomic E-state index is 12.9. The minimum Gasteiger partial charge on any atom is -0.507 e. The first-order valence-corrected chi connectivity index (χ1v) is 7.47. The van der Waals surface area contributed by atoms with Crippen LogP contribution < -0.4 is 16.2 Å². The number of urea groups is 1. The Morgan fingerprint density at radius 3 is 2.42 bits per heavy atom. The van der Waals surface area contributed by atoms with Crippen molar-refractivity contribution in [3.05, 3.63) is 57.8 Å². The number of carbonyl (C=O) groups excluding carboxylic acids is 3. The minimum atomic E-state index is -3.04. The smallest absolute Gasteiger partial charge is 0.328 e. The molecule has 0 atom stereocenters. The van der Waals surface area contributed by atoms with Crippen LogP contribution in [-0.4, -0.2) is 37.6 Å². The summed E-state index contributed by atoms with van der Waals surface area (Å²) in [4.78, 5) is 52.2. The molecule has 0 aromatic carbocycles. The number of aryl methyl sites for hydroxylation is 1. The number of amides is 4. The van der Waals surface area contributed by atoms with E-state index in [1.165, 1.54) is 17.7 Å². The highest BCUT2D eigenvalue weighted by Gasteiger charge is 2.54. The van der Waals surface area contributed by atoms with Crippen LogP contribution in [0.4, 0.5) is 4.79 Å². The van der Waals surface area contributed by atoms with Crippen molar-refractivity contribution in [3.63, 3.8) is 0 Å². The standard InChI is InChI=1S/C16H14N4O6/c1-8-5-10(21)11(16(26)13(23)18-15(25)19-14(16)24)12(22)20(8)7-9-3-2-4-17-6-9/h2-6,21,26H,7H2,1H3,(H2,18,19,23,24,25). The lowest BCUT2D eigenvalue weighted by molar-refractivity contribution is -0.156. The molecule has 0 spiro atoms. The molecule has 0 aliphatic carbocycles. The number of aromatic hydroxyl groups is 1. The van der Waals surface area contributed by atoms with Crippen molar-refractivity contribution in [2.24, 2.45) is 0 Å². The van der Waals surface area contributed by atoms with Crippen LogP contribution in [-0.2, 0) is 21.7 Å². The zero-order valence-electron chi connectivity index (χ0n) is 13.5. The van der Waals surface area contributed by atoms with Crippen molar-refractivity contribution in [3.8, 4) is 5.75 Å².